The van der Waals surface area contributed by atoms with Gasteiger partial charge in [0, 0.05) is 30.0 Å². The second-order valence-corrected chi connectivity index (χ2v) is 7.46. The molecular weight excluding hydrogens is 384 g/mol. The Labute approximate surface area is 174 Å². The van der Waals surface area contributed by atoms with Gasteiger partial charge in [0.15, 0.2) is 0 Å². The lowest BCUT2D eigenvalue weighted by Gasteiger charge is -2.36. The molecule has 7 nitrogen and oxygen atoms in total. The topological polar surface area (TPSA) is 112 Å². The summed E-state index contributed by atoms with van der Waals surface area (Å²) in [4.78, 5) is 16.5. The monoisotopic (exact) mass is 408 g/mol. The van der Waals surface area contributed by atoms with Crippen LogP contribution in [-0.4, -0.2) is 58.2 Å². The van der Waals surface area contributed by atoms with Crippen LogP contribution in [0.15, 0.2) is 54.6 Å². The van der Waals surface area contributed by atoms with Crippen LogP contribution < -0.4 is 5.32 Å². The summed E-state index contributed by atoms with van der Waals surface area (Å²) in [5, 5.41) is 33.4. The number of benzene rings is 2. The molecule has 0 spiro atoms. The first-order valence-corrected chi connectivity index (χ1v) is 9.86. The minimum atomic E-state index is -1.07. The number of aliphatic hydroxyl groups is 3. The third kappa shape index (κ3) is 3.93. The largest absolute Gasteiger partial charge is 0.394 e. The van der Waals surface area contributed by atoms with E-state index in [9.17, 15) is 20.1 Å². The van der Waals surface area contributed by atoms with Crippen LogP contribution in [0.4, 0.5) is 0 Å². The highest BCUT2D eigenvalue weighted by atomic mass is 16.5. The number of nitrogens with zero attached hydrogens (tertiary/aromatic N) is 1. The number of rotatable bonds is 4. The van der Waals surface area contributed by atoms with Crippen LogP contribution in [0.2, 0.25) is 0 Å². The van der Waals surface area contributed by atoms with Crippen LogP contribution >= 0.6 is 0 Å². The lowest BCUT2D eigenvalue weighted by Crippen LogP contribution is -2.44. The van der Waals surface area contributed by atoms with Crippen LogP contribution in [0.25, 0.3) is 22.2 Å². The molecule has 0 aliphatic carbocycles. The molecule has 2 aromatic carbocycles. The highest BCUT2D eigenvalue weighted by Crippen LogP contribution is 2.34. The molecule has 1 aromatic heterocycles. The second kappa shape index (κ2) is 8.49. The number of carbonyl (C=O) groups excluding carboxylic acids is 1. The van der Waals surface area contributed by atoms with E-state index in [1.807, 2.05) is 42.5 Å². The molecule has 7 heteroatoms. The Morgan fingerprint density at radius 3 is 2.77 bits per heavy atom. The SMILES string of the molecule is CNC(=O)c1ccc2nc(-c3cccc(C4OC(CO)CC(O)C4O)c3)ccc2c1. The smallest absolute Gasteiger partial charge is 0.251 e. The third-order valence-electron chi connectivity index (χ3n) is 5.44. The van der Waals surface area contributed by atoms with Gasteiger partial charge in [0.1, 0.15) is 12.2 Å². The molecule has 0 bridgehead atoms. The maximum Gasteiger partial charge on any atom is 0.251 e. The van der Waals surface area contributed by atoms with Gasteiger partial charge in [-0.2, -0.15) is 0 Å². The molecule has 4 unspecified atom stereocenters. The van der Waals surface area contributed by atoms with Crippen molar-refractivity contribution in [2.45, 2.75) is 30.8 Å². The number of ether oxygens (including phenoxy) is 1. The molecule has 2 heterocycles. The number of aromatic nitrogens is 1. The van der Waals surface area contributed by atoms with E-state index in [1.165, 1.54) is 0 Å². The number of amides is 1. The molecule has 4 rings (SSSR count). The minimum absolute atomic E-state index is 0.150. The summed E-state index contributed by atoms with van der Waals surface area (Å²) in [6.45, 7) is -0.218. The molecule has 30 heavy (non-hydrogen) atoms. The number of carbonyl (C=O) groups is 1. The lowest BCUT2D eigenvalue weighted by molar-refractivity contribution is -0.179. The van der Waals surface area contributed by atoms with Gasteiger partial charge in [-0.15, -0.1) is 0 Å². The average molecular weight is 408 g/mol. The Bertz CT molecular complexity index is 1070. The minimum Gasteiger partial charge on any atom is -0.394 e. The van der Waals surface area contributed by atoms with E-state index in [1.54, 1.807) is 19.2 Å². The summed E-state index contributed by atoms with van der Waals surface area (Å²) in [6.07, 6.45) is -3.10. The van der Waals surface area contributed by atoms with E-state index in [0.29, 0.717) is 11.1 Å². The Morgan fingerprint density at radius 2 is 2.00 bits per heavy atom. The Hall–Kier alpha value is -2.84. The normalized spacial score (nSPS) is 24.0. The summed E-state index contributed by atoms with van der Waals surface area (Å²) in [7, 11) is 1.59. The fraction of sp³-hybridized carbons (Fsp3) is 0.304. The van der Waals surface area contributed by atoms with Crippen molar-refractivity contribution >= 4 is 16.8 Å². The third-order valence-corrected chi connectivity index (χ3v) is 5.44. The zero-order chi connectivity index (χ0) is 21.3. The van der Waals surface area contributed by atoms with Crippen molar-refractivity contribution in [3.63, 3.8) is 0 Å². The van der Waals surface area contributed by atoms with Crippen LogP contribution in [0, 0.1) is 0 Å². The van der Waals surface area contributed by atoms with Gasteiger partial charge in [-0.05, 0) is 35.9 Å². The van der Waals surface area contributed by atoms with Gasteiger partial charge in [-0.1, -0.05) is 24.3 Å². The number of hydrogen-bond acceptors (Lipinski definition) is 6. The van der Waals surface area contributed by atoms with Gasteiger partial charge < -0.3 is 25.4 Å². The summed E-state index contributed by atoms with van der Waals surface area (Å²) in [5.74, 6) is -0.150. The Balaban J connectivity index is 1.66. The highest BCUT2D eigenvalue weighted by Gasteiger charge is 2.37. The van der Waals surface area contributed by atoms with Gasteiger partial charge in [-0.25, -0.2) is 4.98 Å². The summed E-state index contributed by atoms with van der Waals surface area (Å²) in [5.41, 5.74) is 3.61. The standard InChI is InChI=1S/C23H24N2O5/c1-24-23(29)16-6-8-19-14(10-16)5-7-18(25-19)13-3-2-4-15(9-13)22-21(28)20(27)11-17(12-26)30-22/h2-10,17,20-22,26-28H,11-12H2,1H3,(H,24,29). The quantitative estimate of drug-likeness (QED) is 0.524. The fourth-order valence-electron chi connectivity index (χ4n) is 3.79. The molecule has 0 radical (unpaired) electrons. The lowest BCUT2D eigenvalue weighted by atomic mass is 9.92. The van der Waals surface area contributed by atoms with Crippen LogP contribution in [-0.2, 0) is 4.74 Å². The Morgan fingerprint density at radius 1 is 1.17 bits per heavy atom. The molecule has 4 N–H and O–H groups in total. The molecule has 1 aliphatic rings. The van der Waals surface area contributed by atoms with E-state index >= 15 is 0 Å². The zero-order valence-corrected chi connectivity index (χ0v) is 16.5. The summed E-state index contributed by atoms with van der Waals surface area (Å²) >= 11 is 0. The molecule has 0 saturated carbocycles. The van der Waals surface area contributed by atoms with Gasteiger partial charge in [0.05, 0.1) is 30.0 Å². The van der Waals surface area contributed by atoms with Crippen LogP contribution in [0.1, 0.15) is 28.4 Å². The fourth-order valence-corrected chi connectivity index (χ4v) is 3.79. The number of hydrogen-bond donors (Lipinski definition) is 4. The van der Waals surface area contributed by atoms with Crippen molar-refractivity contribution in [2.24, 2.45) is 0 Å². The average Bonchev–Trinajstić information content (AvgIpc) is 2.79. The molecule has 156 valence electrons. The summed E-state index contributed by atoms with van der Waals surface area (Å²) < 4.78 is 5.79. The van der Waals surface area contributed by atoms with E-state index in [2.05, 4.69) is 5.32 Å². The zero-order valence-electron chi connectivity index (χ0n) is 16.5. The molecule has 3 aromatic rings. The highest BCUT2D eigenvalue weighted by molar-refractivity contribution is 5.98. The molecule has 4 atom stereocenters. The number of nitrogens with one attached hydrogen (secondary N) is 1. The van der Waals surface area contributed by atoms with Crippen molar-refractivity contribution in [1.29, 1.82) is 0 Å². The first-order chi connectivity index (χ1) is 14.5. The first kappa shape index (κ1) is 20.4. The van der Waals surface area contributed by atoms with Gasteiger partial charge in [0.25, 0.3) is 5.91 Å². The van der Waals surface area contributed by atoms with Crippen molar-refractivity contribution < 1.29 is 24.9 Å². The molecule has 1 fully saturated rings. The number of aliphatic hydroxyl groups excluding tert-OH is 3. The Kier molecular flexibility index (Phi) is 5.78. The van der Waals surface area contributed by atoms with E-state index in [4.69, 9.17) is 9.72 Å². The summed E-state index contributed by atoms with van der Waals surface area (Å²) in [6, 6.07) is 16.6. The first-order valence-electron chi connectivity index (χ1n) is 9.86. The van der Waals surface area contributed by atoms with Crippen molar-refractivity contribution in [1.82, 2.24) is 10.3 Å². The van der Waals surface area contributed by atoms with Crippen LogP contribution in [0.5, 0.6) is 0 Å². The van der Waals surface area contributed by atoms with Gasteiger partial charge in [0.2, 0.25) is 0 Å². The molecule has 1 aliphatic heterocycles. The second-order valence-electron chi connectivity index (χ2n) is 7.46. The maximum absolute atomic E-state index is 11.8. The van der Waals surface area contributed by atoms with Crippen molar-refractivity contribution in [2.75, 3.05) is 13.7 Å². The predicted octanol–water partition coefficient (Wildman–Crippen LogP) is 1.81. The number of fused-ring (bicyclic) bond motifs is 1. The van der Waals surface area contributed by atoms with Crippen molar-refractivity contribution in [3.05, 3.63) is 65.7 Å². The van der Waals surface area contributed by atoms with Gasteiger partial charge >= 0.3 is 0 Å². The molecule has 1 amide bonds. The molecule has 1 saturated heterocycles. The maximum atomic E-state index is 11.8. The number of pyridine rings is 1. The van der Waals surface area contributed by atoms with E-state index < -0.39 is 24.4 Å². The predicted molar refractivity (Wildman–Crippen MR) is 112 cm³/mol. The molecular formula is C23H24N2O5. The van der Waals surface area contributed by atoms with E-state index in [-0.39, 0.29) is 18.9 Å². The van der Waals surface area contributed by atoms with Crippen molar-refractivity contribution in [3.8, 4) is 11.3 Å². The van der Waals surface area contributed by atoms with E-state index in [0.717, 1.165) is 22.2 Å². The van der Waals surface area contributed by atoms with Crippen LogP contribution in [0.3, 0.4) is 0 Å². The van der Waals surface area contributed by atoms with Gasteiger partial charge in [-0.3, -0.25) is 4.79 Å².